The molecule has 2 fully saturated rings. The van der Waals surface area contributed by atoms with E-state index in [2.05, 4.69) is 77.5 Å². The minimum Gasteiger partial charge on any atom is -0.508 e. The van der Waals surface area contributed by atoms with Crippen LogP contribution in [-0.2, 0) is 6.42 Å². The maximum Gasteiger partial charge on any atom is 0.115 e. The van der Waals surface area contributed by atoms with Gasteiger partial charge in [-0.2, -0.15) is 0 Å². The monoisotopic (exact) mass is 438 g/mol. The quantitative estimate of drug-likeness (QED) is 0.561. The molecule has 3 aromatic carbocycles. The summed E-state index contributed by atoms with van der Waals surface area (Å²) in [5.74, 6) is 1.16. The molecule has 0 radical (unpaired) electrons. The number of fused-ring (bicyclic) bond motifs is 1. The Hall–Kier alpha value is -2.78. The Bertz CT molecular complexity index is 1110. The van der Waals surface area contributed by atoms with Gasteiger partial charge in [-0.3, -0.25) is 0 Å². The van der Waals surface area contributed by atoms with Crippen molar-refractivity contribution >= 4 is 5.69 Å². The number of phenolic OH excluding ortho intramolecular Hbond substituents is 1. The van der Waals surface area contributed by atoms with Gasteiger partial charge in [0.05, 0.1) is 0 Å². The number of anilines is 1. The third kappa shape index (κ3) is 3.83. The minimum atomic E-state index is 0.322. The molecule has 0 amide bonds. The fraction of sp³-hybridized carbons (Fsp3) is 0.400. The summed E-state index contributed by atoms with van der Waals surface area (Å²) in [6.45, 7) is 4.89. The molecule has 2 atom stereocenters. The third-order valence-corrected chi connectivity index (χ3v) is 8.53. The van der Waals surface area contributed by atoms with Crippen LogP contribution in [0.3, 0.4) is 0 Å². The summed E-state index contributed by atoms with van der Waals surface area (Å²) >= 11 is 0. The Kier molecular flexibility index (Phi) is 5.18. The number of hydrogen-bond donors (Lipinski definition) is 1. The minimum absolute atomic E-state index is 0.322. The van der Waals surface area contributed by atoms with Crippen LogP contribution in [-0.4, -0.2) is 43.2 Å². The van der Waals surface area contributed by atoms with E-state index in [9.17, 15) is 5.11 Å². The molecule has 2 aliphatic heterocycles. The van der Waals surface area contributed by atoms with Crippen molar-refractivity contribution in [2.45, 2.75) is 37.5 Å². The second kappa shape index (κ2) is 8.22. The molecule has 2 heterocycles. The predicted molar refractivity (Wildman–Crippen MR) is 135 cm³/mol. The van der Waals surface area contributed by atoms with Gasteiger partial charge in [-0.1, -0.05) is 48.5 Å². The van der Waals surface area contributed by atoms with Gasteiger partial charge in [0.1, 0.15) is 5.75 Å². The van der Waals surface area contributed by atoms with Gasteiger partial charge in [-0.25, -0.2) is 0 Å². The largest absolute Gasteiger partial charge is 0.508 e. The standard InChI is InChI=1S/C30H34N2O/c1-31-17-15-30(16-18-31)20-32(21-30)25-10-7-23(8-11-25)29-27(22-5-3-2-4-6-22)13-9-24-19-26(33)12-14-28(24)29/h2-8,10-12,14,19,27,29,33H,9,13,15-18,20-21H2,1H3. The van der Waals surface area contributed by atoms with E-state index in [1.54, 1.807) is 0 Å². The van der Waals surface area contributed by atoms with Gasteiger partial charge in [-0.05, 0) is 98.3 Å². The molecule has 6 rings (SSSR count). The summed E-state index contributed by atoms with van der Waals surface area (Å²) in [5.41, 5.74) is 7.37. The van der Waals surface area contributed by atoms with Gasteiger partial charge in [0.2, 0.25) is 0 Å². The topological polar surface area (TPSA) is 26.7 Å². The first-order valence-corrected chi connectivity index (χ1v) is 12.5. The van der Waals surface area contributed by atoms with Gasteiger partial charge in [0, 0.05) is 30.1 Å². The van der Waals surface area contributed by atoms with Gasteiger partial charge in [0.25, 0.3) is 0 Å². The Labute approximate surface area is 197 Å². The zero-order valence-corrected chi connectivity index (χ0v) is 19.6. The van der Waals surface area contributed by atoms with Crippen molar-refractivity contribution in [3.63, 3.8) is 0 Å². The van der Waals surface area contributed by atoms with Crippen molar-refractivity contribution in [3.8, 4) is 5.75 Å². The van der Waals surface area contributed by atoms with Gasteiger partial charge in [0.15, 0.2) is 0 Å². The van der Waals surface area contributed by atoms with Gasteiger partial charge >= 0.3 is 0 Å². The highest BCUT2D eigenvalue weighted by molar-refractivity contribution is 5.54. The predicted octanol–water partition coefficient (Wildman–Crippen LogP) is 5.79. The Morgan fingerprint density at radius 2 is 1.58 bits per heavy atom. The molecular weight excluding hydrogens is 404 g/mol. The molecule has 0 bridgehead atoms. The van der Waals surface area contributed by atoms with E-state index in [1.165, 1.54) is 67.0 Å². The van der Waals surface area contributed by atoms with E-state index in [0.717, 1.165) is 12.8 Å². The van der Waals surface area contributed by atoms with Crippen LogP contribution in [0.4, 0.5) is 5.69 Å². The van der Waals surface area contributed by atoms with Crippen molar-refractivity contribution < 1.29 is 5.11 Å². The number of rotatable bonds is 3. The lowest BCUT2D eigenvalue weighted by Gasteiger charge is -2.54. The van der Waals surface area contributed by atoms with Crippen LogP contribution >= 0.6 is 0 Å². The molecule has 3 heteroatoms. The van der Waals surface area contributed by atoms with E-state index in [-0.39, 0.29) is 0 Å². The summed E-state index contributed by atoms with van der Waals surface area (Å²) in [6, 6.07) is 26.3. The summed E-state index contributed by atoms with van der Waals surface area (Å²) in [4.78, 5) is 5.03. The molecule has 1 aliphatic carbocycles. The fourth-order valence-electron chi connectivity index (χ4n) is 6.53. The van der Waals surface area contributed by atoms with Crippen molar-refractivity contribution in [1.29, 1.82) is 0 Å². The molecule has 170 valence electrons. The lowest BCUT2D eigenvalue weighted by molar-refractivity contribution is 0.0906. The Morgan fingerprint density at radius 1 is 0.848 bits per heavy atom. The molecule has 0 aromatic heterocycles. The van der Waals surface area contributed by atoms with Crippen LogP contribution in [0.2, 0.25) is 0 Å². The molecule has 2 unspecified atom stereocenters. The molecule has 0 saturated carbocycles. The number of aryl methyl sites for hydroxylation is 1. The number of piperidine rings is 1. The molecular formula is C30H34N2O. The Morgan fingerprint density at radius 3 is 2.30 bits per heavy atom. The van der Waals surface area contributed by atoms with Crippen LogP contribution in [0.5, 0.6) is 5.75 Å². The van der Waals surface area contributed by atoms with Gasteiger partial charge < -0.3 is 14.9 Å². The first-order valence-electron chi connectivity index (χ1n) is 12.5. The zero-order chi connectivity index (χ0) is 22.4. The van der Waals surface area contributed by atoms with Crippen LogP contribution < -0.4 is 4.90 Å². The van der Waals surface area contributed by atoms with Crippen LogP contribution in [0.25, 0.3) is 0 Å². The number of nitrogens with zero attached hydrogens (tertiary/aromatic N) is 2. The highest BCUT2D eigenvalue weighted by Gasteiger charge is 2.44. The maximum atomic E-state index is 10.1. The van der Waals surface area contributed by atoms with Crippen LogP contribution in [0, 0.1) is 5.41 Å². The van der Waals surface area contributed by atoms with E-state index in [0.29, 0.717) is 23.0 Å². The van der Waals surface area contributed by atoms with E-state index >= 15 is 0 Å². The number of phenols is 1. The van der Waals surface area contributed by atoms with Gasteiger partial charge in [-0.15, -0.1) is 0 Å². The molecule has 33 heavy (non-hydrogen) atoms. The SMILES string of the molecule is CN1CCC2(CC1)CN(c1ccc(C3c4ccc(O)cc4CCC3c3ccccc3)cc1)C2. The maximum absolute atomic E-state index is 10.1. The number of likely N-dealkylation sites (tertiary alicyclic amines) is 1. The first kappa shape index (κ1) is 20.8. The highest BCUT2D eigenvalue weighted by Crippen LogP contribution is 2.48. The summed E-state index contributed by atoms with van der Waals surface area (Å²) in [6.07, 6.45) is 4.80. The smallest absolute Gasteiger partial charge is 0.115 e. The first-order chi connectivity index (χ1) is 16.1. The van der Waals surface area contributed by atoms with E-state index in [1.807, 2.05) is 12.1 Å². The Balaban J connectivity index is 1.27. The molecule has 1 N–H and O–H groups in total. The third-order valence-electron chi connectivity index (χ3n) is 8.53. The van der Waals surface area contributed by atoms with Crippen molar-refractivity contribution in [2.24, 2.45) is 5.41 Å². The summed E-state index contributed by atoms with van der Waals surface area (Å²) < 4.78 is 0. The van der Waals surface area contributed by atoms with Crippen LogP contribution in [0.1, 0.15) is 53.4 Å². The second-order valence-electron chi connectivity index (χ2n) is 10.7. The number of benzene rings is 3. The average Bonchev–Trinajstić information content (AvgIpc) is 2.83. The molecule has 3 aliphatic rings. The number of aromatic hydroxyl groups is 1. The lowest BCUT2D eigenvalue weighted by atomic mass is 9.69. The fourth-order valence-corrected chi connectivity index (χ4v) is 6.53. The van der Waals surface area contributed by atoms with E-state index < -0.39 is 0 Å². The second-order valence-corrected chi connectivity index (χ2v) is 10.7. The summed E-state index contributed by atoms with van der Waals surface area (Å²) in [7, 11) is 2.25. The van der Waals surface area contributed by atoms with Crippen LogP contribution in [0.15, 0.2) is 72.8 Å². The summed E-state index contributed by atoms with van der Waals surface area (Å²) in [5, 5.41) is 10.1. The normalized spacial score (nSPS) is 24.3. The van der Waals surface area contributed by atoms with Crippen molar-refractivity contribution in [2.75, 3.05) is 38.1 Å². The number of hydrogen-bond acceptors (Lipinski definition) is 3. The molecule has 3 nitrogen and oxygen atoms in total. The van der Waals surface area contributed by atoms with Crippen molar-refractivity contribution in [1.82, 2.24) is 4.90 Å². The average molecular weight is 439 g/mol. The zero-order valence-electron chi connectivity index (χ0n) is 19.6. The lowest BCUT2D eigenvalue weighted by Crippen LogP contribution is -2.60. The highest BCUT2D eigenvalue weighted by atomic mass is 16.3. The molecule has 1 spiro atoms. The van der Waals surface area contributed by atoms with Crippen molar-refractivity contribution in [3.05, 3.63) is 95.1 Å². The molecule has 3 aromatic rings. The molecule has 2 saturated heterocycles. The van der Waals surface area contributed by atoms with E-state index in [4.69, 9.17) is 0 Å².